The Kier molecular flexibility index (Phi) is 4.88. The van der Waals surface area contributed by atoms with Gasteiger partial charge in [-0.1, -0.05) is 12.1 Å². The zero-order valence-corrected chi connectivity index (χ0v) is 16.9. The summed E-state index contributed by atoms with van der Waals surface area (Å²) >= 11 is 0. The molecule has 2 aromatic carbocycles. The molecule has 7 heteroatoms. The van der Waals surface area contributed by atoms with E-state index in [-0.39, 0.29) is 12.6 Å². The molecule has 0 fully saturated rings. The van der Waals surface area contributed by atoms with Crippen molar-refractivity contribution in [3.05, 3.63) is 59.3 Å². The van der Waals surface area contributed by atoms with Gasteiger partial charge >= 0.3 is 5.97 Å². The standard InChI is InChI=1S/C22H23N3O4/c1-5-29-21(26)19-13(2)23-22-24-16-8-6-7-9-17(16)25(22)20(19)15-12-14(27-3)10-11-18(15)28-4/h6-12,20H,5H2,1-4H3,(H,23,24)/t20-/m0/s1. The van der Waals surface area contributed by atoms with Gasteiger partial charge in [0.25, 0.3) is 0 Å². The maximum absolute atomic E-state index is 13.0. The molecule has 1 atom stereocenters. The number of methoxy groups -OCH3 is 2. The van der Waals surface area contributed by atoms with Crippen LogP contribution in [0.5, 0.6) is 11.5 Å². The summed E-state index contributed by atoms with van der Waals surface area (Å²) in [5.74, 6) is 1.60. The predicted molar refractivity (Wildman–Crippen MR) is 110 cm³/mol. The van der Waals surface area contributed by atoms with E-state index in [0.717, 1.165) is 16.6 Å². The second-order valence-electron chi connectivity index (χ2n) is 6.69. The molecule has 0 saturated heterocycles. The van der Waals surface area contributed by atoms with Crippen LogP contribution in [0.25, 0.3) is 11.0 Å². The van der Waals surface area contributed by atoms with Crippen LogP contribution in [0.2, 0.25) is 0 Å². The molecule has 0 spiro atoms. The molecule has 0 amide bonds. The van der Waals surface area contributed by atoms with Crippen LogP contribution in [-0.4, -0.2) is 36.3 Å². The Hall–Kier alpha value is -3.48. The van der Waals surface area contributed by atoms with Crippen LogP contribution >= 0.6 is 0 Å². The number of carbonyl (C=O) groups excluding carboxylic acids is 1. The lowest BCUT2D eigenvalue weighted by atomic mass is 9.94. The van der Waals surface area contributed by atoms with E-state index in [4.69, 9.17) is 19.2 Å². The number of hydrogen-bond acceptors (Lipinski definition) is 6. The molecular formula is C22H23N3O4. The van der Waals surface area contributed by atoms with Gasteiger partial charge in [0.15, 0.2) is 0 Å². The molecule has 0 bridgehead atoms. The lowest BCUT2D eigenvalue weighted by Gasteiger charge is -2.31. The van der Waals surface area contributed by atoms with Crippen LogP contribution in [0.4, 0.5) is 5.95 Å². The molecule has 150 valence electrons. The number of imidazole rings is 1. The largest absolute Gasteiger partial charge is 0.497 e. The number of para-hydroxylation sites is 2. The first-order valence-electron chi connectivity index (χ1n) is 9.42. The van der Waals surface area contributed by atoms with Gasteiger partial charge in [-0.05, 0) is 44.2 Å². The fourth-order valence-electron chi connectivity index (χ4n) is 3.78. The van der Waals surface area contributed by atoms with Gasteiger partial charge in [-0.25, -0.2) is 9.78 Å². The Morgan fingerprint density at radius 2 is 1.97 bits per heavy atom. The van der Waals surface area contributed by atoms with Crippen LogP contribution in [0.15, 0.2) is 53.7 Å². The van der Waals surface area contributed by atoms with Crippen molar-refractivity contribution in [2.24, 2.45) is 0 Å². The molecule has 2 heterocycles. The van der Waals surface area contributed by atoms with Crippen LogP contribution in [0.1, 0.15) is 25.5 Å². The number of allylic oxidation sites excluding steroid dienone is 1. The molecular weight excluding hydrogens is 370 g/mol. The van der Waals surface area contributed by atoms with Gasteiger partial charge < -0.3 is 19.5 Å². The second-order valence-corrected chi connectivity index (χ2v) is 6.69. The third-order valence-corrected chi connectivity index (χ3v) is 5.06. The number of fused-ring (bicyclic) bond motifs is 3. The summed E-state index contributed by atoms with van der Waals surface area (Å²) in [6.07, 6.45) is 0. The van der Waals surface area contributed by atoms with E-state index in [9.17, 15) is 4.79 Å². The van der Waals surface area contributed by atoms with Crippen molar-refractivity contribution >= 4 is 23.0 Å². The highest BCUT2D eigenvalue weighted by Crippen LogP contribution is 2.43. The molecule has 29 heavy (non-hydrogen) atoms. The smallest absolute Gasteiger partial charge is 0.338 e. The minimum absolute atomic E-state index is 0.287. The van der Waals surface area contributed by atoms with Gasteiger partial charge in [0.2, 0.25) is 5.95 Å². The number of nitrogens with one attached hydrogen (secondary N) is 1. The molecule has 4 rings (SSSR count). The molecule has 0 unspecified atom stereocenters. The molecule has 3 aromatic rings. The molecule has 1 aromatic heterocycles. The monoisotopic (exact) mass is 393 g/mol. The third kappa shape index (κ3) is 3.08. The number of esters is 1. The highest BCUT2D eigenvalue weighted by molar-refractivity contribution is 5.94. The summed E-state index contributed by atoms with van der Waals surface area (Å²) in [7, 11) is 3.22. The predicted octanol–water partition coefficient (Wildman–Crippen LogP) is 3.91. The van der Waals surface area contributed by atoms with Crippen molar-refractivity contribution in [2.75, 3.05) is 26.1 Å². The summed E-state index contributed by atoms with van der Waals surface area (Å²) in [6.45, 7) is 3.94. The Labute approximate surface area is 168 Å². The fraction of sp³-hybridized carbons (Fsp3) is 0.273. The molecule has 0 radical (unpaired) electrons. The van der Waals surface area contributed by atoms with Gasteiger partial charge in [-0.2, -0.15) is 0 Å². The Morgan fingerprint density at radius 3 is 2.69 bits per heavy atom. The number of hydrogen-bond donors (Lipinski definition) is 1. The van der Waals surface area contributed by atoms with Crippen molar-refractivity contribution in [3.63, 3.8) is 0 Å². The third-order valence-electron chi connectivity index (χ3n) is 5.06. The Bertz CT molecular complexity index is 1120. The SMILES string of the molecule is CCOC(=O)C1=C(C)Nc2nc3ccccc3n2[C@H]1c1cc(OC)ccc1OC. The number of carbonyl (C=O) groups is 1. The zero-order valence-electron chi connectivity index (χ0n) is 16.9. The van der Waals surface area contributed by atoms with Crippen LogP contribution < -0.4 is 14.8 Å². The van der Waals surface area contributed by atoms with Crippen molar-refractivity contribution in [2.45, 2.75) is 19.9 Å². The van der Waals surface area contributed by atoms with E-state index < -0.39 is 6.04 Å². The first-order chi connectivity index (χ1) is 14.1. The van der Waals surface area contributed by atoms with E-state index in [2.05, 4.69) is 5.32 Å². The summed E-state index contributed by atoms with van der Waals surface area (Å²) < 4.78 is 18.5. The Balaban J connectivity index is 2.03. The fourth-order valence-corrected chi connectivity index (χ4v) is 3.78. The highest BCUT2D eigenvalue weighted by atomic mass is 16.5. The average Bonchev–Trinajstić information content (AvgIpc) is 3.10. The normalized spacial score (nSPS) is 15.7. The minimum Gasteiger partial charge on any atom is -0.497 e. The maximum Gasteiger partial charge on any atom is 0.338 e. The van der Waals surface area contributed by atoms with E-state index in [1.54, 1.807) is 21.1 Å². The first kappa shape index (κ1) is 18.9. The van der Waals surface area contributed by atoms with Crippen LogP contribution in [0, 0.1) is 0 Å². The van der Waals surface area contributed by atoms with Crippen LogP contribution in [0.3, 0.4) is 0 Å². The van der Waals surface area contributed by atoms with Gasteiger partial charge in [-0.3, -0.25) is 4.57 Å². The molecule has 1 aliphatic rings. The topological polar surface area (TPSA) is 74.6 Å². The van der Waals surface area contributed by atoms with E-state index in [0.29, 0.717) is 28.7 Å². The number of rotatable bonds is 5. The average molecular weight is 393 g/mol. The number of ether oxygens (including phenoxy) is 3. The molecule has 0 saturated carbocycles. The second kappa shape index (κ2) is 7.50. The molecule has 1 N–H and O–H groups in total. The lowest BCUT2D eigenvalue weighted by molar-refractivity contribution is -0.139. The highest BCUT2D eigenvalue weighted by Gasteiger charge is 2.36. The van der Waals surface area contributed by atoms with Crippen molar-refractivity contribution in [1.29, 1.82) is 0 Å². The summed E-state index contributed by atoms with van der Waals surface area (Å²) in [4.78, 5) is 17.7. The Morgan fingerprint density at radius 1 is 1.17 bits per heavy atom. The first-order valence-corrected chi connectivity index (χ1v) is 9.42. The zero-order chi connectivity index (χ0) is 20.5. The maximum atomic E-state index is 13.0. The number of aromatic nitrogens is 2. The van der Waals surface area contributed by atoms with Gasteiger partial charge in [-0.15, -0.1) is 0 Å². The van der Waals surface area contributed by atoms with Crippen molar-refractivity contribution in [3.8, 4) is 11.5 Å². The quantitative estimate of drug-likeness (QED) is 0.663. The van der Waals surface area contributed by atoms with Crippen LogP contribution in [-0.2, 0) is 9.53 Å². The van der Waals surface area contributed by atoms with Gasteiger partial charge in [0, 0.05) is 11.3 Å². The molecule has 7 nitrogen and oxygen atoms in total. The summed E-state index contributed by atoms with van der Waals surface area (Å²) in [5, 5.41) is 3.26. The van der Waals surface area contributed by atoms with E-state index in [1.165, 1.54) is 0 Å². The summed E-state index contributed by atoms with van der Waals surface area (Å²) in [6, 6.07) is 12.9. The number of nitrogens with zero attached hydrogens (tertiary/aromatic N) is 2. The van der Waals surface area contributed by atoms with Gasteiger partial charge in [0.1, 0.15) is 11.5 Å². The van der Waals surface area contributed by atoms with Crippen molar-refractivity contribution < 1.29 is 19.0 Å². The van der Waals surface area contributed by atoms with Gasteiger partial charge in [0.05, 0.1) is 43.5 Å². The van der Waals surface area contributed by atoms with E-state index in [1.807, 2.05) is 54.0 Å². The summed E-state index contributed by atoms with van der Waals surface area (Å²) in [5.41, 5.74) is 3.73. The molecule has 1 aliphatic heterocycles. The number of benzene rings is 2. The van der Waals surface area contributed by atoms with E-state index >= 15 is 0 Å². The van der Waals surface area contributed by atoms with Crippen molar-refractivity contribution in [1.82, 2.24) is 9.55 Å². The lowest BCUT2D eigenvalue weighted by Crippen LogP contribution is -2.29. The molecule has 0 aliphatic carbocycles. The minimum atomic E-state index is -0.484. The number of anilines is 1.